The molecule has 0 atom stereocenters. The maximum Gasteiger partial charge on any atom is 0.306 e. The maximum atomic E-state index is 11.3. The average Bonchev–Trinajstić information content (AvgIpc) is 2.87. The van der Waals surface area contributed by atoms with Crippen molar-refractivity contribution >= 4 is 28.1 Å². The first-order valence-corrected chi connectivity index (χ1v) is 7.35. The second kappa shape index (κ2) is 7.00. The smallest absolute Gasteiger partial charge is 0.306 e. The Labute approximate surface area is 122 Å². The van der Waals surface area contributed by atoms with Crippen LogP contribution in [0.1, 0.15) is 24.7 Å². The molecule has 20 heavy (non-hydrogen) atoms. The lowest BCUT2D eigenvalue weighted by Crippen LogP contribution is -2.05. The van der Waals surface area contributed by atoms with Crippen LogP contribution in [-0.4, -0.2) is 22.5 Å². The molecule has 0 spiro atoms. The zero-order valence-electron chi connectivity index (χ0n) is 11.5. The molecule has 2 aromatic heterocycles. The van der Waals surface area contributed by atoms with Gasteiger partial charge in [0.2, 0.25) is 0 Å². The fourth-order valence-electron chi connectivity index (χ4n) is 1.67. The van der Waals surface area contributed by atoms with E-state index < -0.39 is 0 Å². The van der Waals surface area contributed by atoms with Crippen LogP contribution in [0.15, 0.2) is 23.7 Å². The fourth-order valence-corrected chi connectivity index (χ4v) is 2.43. The molecule has 0 amide bonds. The molecule has 5 nitrogen and oxygen atoms in total. The number of carbonyl (C=O) groups is 1. The van der Waals surface area contributed by atoms with Gasteiger partial charge in [0, 0.05) is 18.0 Å². The molecular formula is C14H17N3O2S. The van der Waals surface area contributed by atoms with Crippen molar-refractivity contribution in [1.29, 1.82) is 0 Å². The molecule has 0 radical (unpaired) electrons. The molecule has 2 rings (SSSR count). The lowest BCUT2D eigenvalue weighted by Gasteiger charge is -2.04. The van der Waals surface area contributed by atoms with Crippen molar-refractivity contribution in [3.05, 3.63) is 35.1 Å². The molecule has 2 heterocycles. The van der Waals surface area contributed by atoms with Gasteiger partial charge in [-0.1, -0.05) is 0 Å². The molecule has 1 N–H and O–H groups in total. The molecule has 6 heteroatoms. The van der Waals surface area contributed by atoms with E-state index in [1.54, 1.807) is 13.1 Å². The molecular weight excluding hydrogens is 274 g/mol. The number of pyridine rings is 1. The summed E-state index contributed by atoms with van der Waals surface area (Å²) >= 11 is 1.52. The van der Waals surface area contributed by atoms with E-state index in [0.717, 1.165) is 22.2 Å². The molecule has 0 aliphatic rings. The Balaban J connectivity index is 1.92. The van der Waals surface area contributed by atoms with Crippen LogP contribution < -0.4 is 5.32 Å². The number of esters is 1. The Morgan fingerprint density at radius 3 is 3.10 bits per heavy atom. The van der Waals surface area contributed by atoms with Crippen molar-refractivity contribution < 1.29 is 9.53 Å². The van der Waals surface area contributed by atoms with Gasteiger partial charge >= 0.3 is 5.97 Å². The van der Waals surface area contributed by atoms with Gasteiger partial charge in [-0.2, -0.15) is 0 Å². The number of hydrogen-bond acceptors (Lipinski definition) is 6. The summed E-state index contributed by atoms with van der Waals surface area (Å²) < 4.78 is 4.89. The number of hydrogen-bond donors (Lipinski definition) is 1. The van der Waals surface area contributed by atoms with Crippen LogP contribution in [0.25, 0.3) is 0 Å². The molecule has 0 aliphatic heterocycles. The number of carbonyl (C=O) groups excluding carboxylic acids is 1. The number of nitrogens with zero attached hydrogens (tertiary/aromatic N) is 2. The molecule has 0 aromatic carbocycles. The van der Waals surface area contributed by atoms with Crippen LogP contribution in [-0.2, 0) is 16.0 Å². The maximum absolute atomic E-state index is 11.3. The van der Waals surface area contributed by atoms with E-state index in [-0.39, 0.29) is 5.97 Å². The van der Waals surface area contributed by atoms with E-state index in [2.05, 4.69) is 15.3 Å². The van der Waals surface area contributed by atoms with E-state index >= 15 is 0 Å². The number of thiazole rings is 1. The molecule has 0 saturated heterocycles. The molecule has 2 aromatic rings. The summed E-state index contributed by atoms with van der Waals surface area (Å²) in [5.74, 6) is -0.182. The zero-order valence-corrected chi connectivity index (χ0v) is 12.4. The van der Waals surface area contributed by atoms with Crippen LogP contribution >= 0.6 is 11.3 Å². The van der Waals surface area contributed by atoms with Gasteiger partial charge < -0.3 is 10.1 Å². The summed E-state index contributed by atoms with van der Waals surface area (Å²) in [7, 11) is 0. The molecule has 0 unspecified atom stereocenters. The first-order chi connectivity index (χ1) is 9.69. The Hall–Kier alpha value is -1.95. The third kappa shape index (κ3) is 4.03. The van der Waals surface area contributed by atoms with Gasteiger partial charge in [-0.25, -0.2) is 4.98 Å². The largest absolute Gasteiger partial charge is 0.466 e. The average molecular weight is 291 g/mol. The molecule has 0 fully saturated rings. The van der Waals surface area contributed by atoms with Crippen molar-refractivity contribution in [2.24, 2.45) is 0 Å². The van der Waals surface area contributed by atoms with Crippen LogP contribution in [0.2, 0.25) is 0 Å². The predicted octanol–water partition coefficient (Wildman–Crippen LogP) is 3.09. The highest BCUT2D eigenvalue weighted by molar-refractivity contribution is 7.13. The van der Waals surface area contributed by atoms with Crippen LogP contribution in [0.5, 0.6) is 0 Å². The third-order valence-corrected chi connectivity index (χ3v) is 3.50. The number of aryl methyl sites for hydroxylation is 2. The van der Waals surface area contributed by atoms with E-state index in [9.17, 15) is 4.79 Å². The summed E-state index contributed by atoms with van der Waals surface area (Å²) in [5.41, 5.74) is 2.77. The van der Waals surface area contributed by atoms with E-state index in [1.165, 1.54) is 11.3 Å². The highest BCUT2D eigenvalue weighted by atomic mass is 32.1. The van der Waals surface area contributed by atoms with Gasteiger partial charge in [-0.3, -0.25) is 9.78 Å². The van der Waals surface area contributed by atoms with Crippen molar-refractivity contribution in [2.75, 3.05) is 11.9 Å². The van der Waals surface area contributed by atoms with Crippen LogP contribution in [0, 0.1) is 6.92 Å². The quantitative estimate of drug-likeness (QED) is 0.829. The zero-order chi connectivity index (χ0) is 14.4. The number of aromatic nitrogens is 2. The van der Waals surface area contributed by atoms with Crippen LogP contribution in [0.4, 0.5) is 10.8 Å². The Morgan fingerprint density at radius 2 is 2.35 bits per heavy atom. The highest BCUT2D eigenvalue weighted by Crippen LogP contribution is 2.22. The second-order valence-electron chi connectivity index (χ2n) is 4.21. The fraction of sp³-hybridized carbons (Fsp3) is 0.357. The van der Waals surface area contributed by atoms with Gasteiger partial charge in [0.25, 0.3) is 0 Å². The van der Waals surface area contributed by atoms with E-state index in [1.807, 2.05) is 24.4 Å². The van der Waals surface area contributed by atoms with Gasteiger partial charge in [0.1, 0.15) is 0 Å². The molecule has 106 valence electrons. The van der Waals surface area contributed by atoms with Crippen LogP contribution in [0.3, 0.4) is 0 Å². The molecule has 0 bridgehead atoms. The summed E-state index contributed by atoms with van der Waals surface area (Å²) in [6, 6.07) is 3.84. The highest BCUT2D eigenvalue weighted by Gasteiger charge is 2.07. The van der Waals surface area contributed by atoms with Gasteiger partial charge in [-0.05, 0) is 26.0 Å². The Kier molecular flexibility index (Phi) is 5.06. The summed E-state index contributed by atoms with van der Waals surface area (Å²) in [6.07, 6.45) is 2.72. The number of nitrogens with one attached hydrogen (secondary N) is 1. The van der Waals surface area contributed by atoms with E-state index in [4.69, 9.17) is 4.74 Å². The summed E-state index contributed by atoms with van der Waals surface area (Å²) in [6.45, 7) is 4.17. The first-order valence-electron chi connectivity index (χ1n) is 6.47. The number of anilines is 2. The normalized spacial score (nSPS) is 10.3. The first kappa shape index (κ1) is 14.5. The lowest BCUT2D eigenvalue weighted by atomic mass is 10.2. The third-order valence-electron chi connectivity index (χ3n) is 2.69. The van der Waals surface area contributed by atoms with Crippen molar-refractivity contribution in [1.82, 2.24) is 9.97 Å². The minimum absolute atomic E-state index is 0.182. The SMILES string of the molecule is CCOC(=O)CCc1csc(Nc2cccnc2C)n1. The standard InChI is InChI=1S/C14H17N3O2S/c1-3-19-13(18)7-6-11-9-20-14(16-11)17-12-5-4-8-15-10(12)2/h4-5,8-9H,3,6-7H2,1-2H3,(H,16,17). The van der Waals surface area contributed by atoms with Crippen molar-refractivity contribution in [2.45, 2.75) is 26.7 Å². The summed E-state index contributed by atoms with van der Waals surface area (Å²) in [5, 5.41) is 5.99. The van der Waals surface area contributed by atoms with Crippen molar-refractivity contribution in [3.8, 4) is 0 Å². The van der Waals surface area contributed by atoms with Crippen molar-refractivity contribution in [3.63, 3.8) is 0 Å². The van der Waals surface area contributed by atoms with Gasteiger partial charge in [-0.15, -0.1) is 11.3 Å². The Morgan fingerprint density at radius 1 is 1.50 bits per heavy atom. The van der Waals surface area contributed by atoms with Gasteiger partial charge in [0.15, 0.2) is 5.13 Å². The minimum Gasteiger partial charge on any atom is -0.466 e. The number of rotatable bonds is 6. The predicted molar refractivity (Wildman–Crippen MR) is 79.3 cm³/mol. The monoisotopic (exact) mass is 291 g/mol. The summed E-state index contributed by atoms with van der Waals surface area (Å²) in [4.78, 5) is 20.0. The lowest BCUT2D eigenvalue weighted by molar-refractivity contribution is -0.143. The molecule has 0 saturated carbocycles. The topological polar surface area (TPSA) is 64.1 Å². The molecule has 0 aliphatic carbocycles. The number of ether oxygens (including phenoxy) is 1. The second-order valence-corrected chi connectivity index (χ2v) is 5.07. The van der Waals surface area contributed by atoms with E-state index in [0.29, 0.717) is 19.4 Å². The minimum atomic E-state index is -0.182. The Bertz CT molecular complexity index is 583. The van der Waals surface area contributed by atoms with Gasteiger partial charge in [0.05, 0.1) is 30.1 Å².